The van der Waals surface area contributed by atoms with E-state index in [1.807, 2.05) is 0 Å². The summed E-state index contributed by atoms with van der Waals surface area (Å²) >= 11 is 0. The van der Waals surface area contributed by atoms with Gasteiger partial charge in [-0.25, -0.2) is 0 Å². The summed E-state index contributed by atoms with van der Waals surface area (Å²) in [5, 5.41) is 0. The van der Waals surface area contributed by atoms with Crippen molar-refractivity contribution in [3.05, 3.63) is 137 Å². The van der Waals surface area contributed by atoms with Gasteiger partial charge in [-0.05, 0) is 72.7 Å². The SMILES string of the molecule is Cc1cc(N(Cc2ccccc2)Cc2ccccc2)c(OC(C)C)cc1C1=CCN(Cc2ccccc2)CC1. The van der Waals surface area contributed by atoms with Crippen LogP contribution in [0.4, 0.5) is 5.69 Å². The maximum Gasteiger partial charge on any atom is 0.143 e. The highest BCUT2D eigenvalue weighted by Gasteiger charge is 2.21. The molecule has 0 atom stereocenters. The van der Waals surface area contributed by atoms with Gasteiger partial charge in [-0.1, -0.05) is 97.1 Å². The third-order valence-electron chi connectivity index (χ3n) is 7.33. The molecule has 1 heterocycles. The second kappa shape index (κ2) is 12.8. The lowest BCUT2D eigenvalue weighted by molar-refractivity contribution is 0.242. The lowest BCUT2D eigenvalue weighted by Crippen LogP contribution is -2.28. The minimum Gasteiger partial charge on any atom is -0.489 e. The van der Waals surface area contributed by atoms with Gasteiger partial charge in [0.1, 0.15) is 5.75 Å². The van der Waals surface area contributed by atoms with Crippen LogP contribution in [0.5, 0.6) is 5.75 Å². The summed E-state index contributed by atoms with van der Waals surface area (Å²) in [5.74, 6) is 0.963. The van der Waals surface area contributed by atoms with E-state index in [2.05, 4.69) is 140 Å². The maximum atomic E-state index is 6.51. The van der Waals surface area contributed by atoms with Crippen LogP contribution < -0.4 is 9.64 Å². The Morgan fingerprint density at radius 2 is 1.33 bits per heavy atom. The third kappa shape index (κ3) is 7.19. The van der Waals surface area contributed by atoms with Crippen molar-refractivity contribution >= 4 is 11.3 Å². The first-order valence-corrected chi connectivity index (χ1v) is 14.1. The van der Waals surface area contributed by atoms with Crippen molar-refractivity contribution in [2.45, 2.75) is 52.9 Å². The normalized spacial score (nSPS) is 13.8. The molecule has 0 amide bonds. The molecule has 1 aliphatic heterocycles. The van der Waals surface area contributed by atoms with Crippen LogP contribution in [0.1, 0.15) is 48.1 Å². The fourth-order valence-electron chi connectivity index (χ4n) is 5.39. The molecule has 200 valence electrons. The first kappa shape index (κ1) is 26.8. The molecule has 0 N–H and O–H groups in total. The van der Waals surface area contributed by atoms with Crippen LogP contribution >= 0.6 is 0 Å². The van der Waals surface area contributed by atoms with E-state index in [1.165, 1.54) is 33.4 Å². The zero-order valence-corrected chi connectivity index (χ0v) is 23.5. The first-order valence-electron chi connectivity index (χ1n) is 14.1. The van der Waals surface area contributed by atoms with E-state index in [-0.39, 0.29) is 6.10 Å². The highest BCUT2D eigenvalue weighted by atomic mass is 16.5. The van der Waals surface area contributed by atoms with Gasteiger partial charge in [0.2, 0.25) is 0 Å². The van der Waals surface area contributed by atoms with Crippen LogP contribution in [0.3, 0.4) is 0 Å². The van der Waals surface area contributed by atoms with E-state index in [4.69, 9.17) is 4.74 Å². The van der Waals surface area contributed by atoms with E-state index < -0.39 is 0 Å². The molecule has 39 heavy (non-hydrogen) atoms. The molecule has 5 rings (SSSR count). The van der Waals surface area contributed by atoms with Crippen LogP contribution in [0, 0.1) is 6.92 Å². The molecule has 0 saturated carbocycles. The Morgan fingerprint density at radius 3 is 1.85 bits per heavy atom. The molecular weight excluding hydrogens is 476 g/mol. The zero-order chi connectivity index (χ0) is 27.0. The summed E-state index contributed by atoms with van der Waals surface area (Å²) in [6.45, 7) is 11.2. The lowest BCUT2D eigenvalue weighted by atomic mass is 9.94. The van der Waals surface area contributed by atoms with Gasteiger partial charge in [-0.3, -0.25) is 4.90 Å². The van der Waals surface area contributed by atoms with Gasteiger partial charge in [0.25, 0.3) is 0 Å². The standard InChI is InChI=1S/C36H40N2O/c1-28(2)39-36-24-34(33-19-21-37(22-20-33)25-30-13-7-4-8-14-30)29(3)23-35(36)38(26-31-15-9-5-10-16-31)27-32-17-11-6-12-18-32/h4-19,23-24,28H,20-22,25-27H2,1-3H3. The van der Waals surface area contributed by atoms with Crippen molar-refractivity contribution < 1.29 is 4.74 Å². The summed E-state index contributed by atoms with van der Waals surface area (Å²) in [5.41, 5.74) is 9.15. The maximum absolute atomic E-state index is 6.51. The summed E-state index contributed by atoms with van der Waals surface area (Å²) < 4.78 is 6.51. The largest absolute Gasteiger partial charge is 0.489 e. The fourth-order valence-corrected chi connectivity index (χ4v) is 5.39. The molecular formula is C36H40N2O. The molecule has 0 aliphatic carbocycles. The highest BCUT2D eigenvalue weighted by Crippen LogP contribution is 2.38. The van der Waals surface area contributed by atoms with Crippen molar-refractivity contribution in [1.29, 1.82) is 0 Å². The molecule has 1 aliphatic rings. The second-order valence-corrected chi connectivity index (χ2v) is 10.8. The van der Waals surface area contributed by atoms with E-state index in [1.54, 1.807) is 0 Å². The Bertz CT molecular complexity index is 1320. The third-order valence-corrected chi connectivity index (χ3v) is 7.33. The van der Waals surface area contributed by atoms with Crippen molar-refractivity contribution in [3.63, 3.8) is 0 Å². The number of anilines is 1. The minimum absolute atomic E-state index is 0.0938. The van der Waals surface area contributed by atoms with E-state index in [0.717, 1.165) is 50.6 Å². The summed E-state index contributed by atoms with van der Waals surface area (Å²) in [6, 6.07) is 36.9. The van der Waals surface area contributed by atoms with Crippen molar-refractivity contribution in [2.24, 2.45) is 0 Å². The van der Waals surface area contributed by atoms with Crippen LogP contribution in [-0.2, 0) is 19.6 Å². The number of benzene rings is 4. The minimum atomic E-state index is 0.0938. The van der Waals surface area contributed by atoms with Crippen LogP contribution in [0.15, 0.2) is 109 Å². The molecule has 0 aromatic heterocycles. The number of hydrogen-bond acceptors (Lipinski definition) is 3. The summed E-state index contributed by atoms with van der Waals surface area (Å²) in [4.78, 5) is 4.98. The fraction of sp³-hybridized carbons (Fsp3) is 0.278. The summed E-state index contributed by atoms with van der Waals surface area (Å²) in [7, 11) is 0. The van der Waals surface area contributed by atoms with Gasteiger partial charge >= 0.3 is 0 Å². The summed E-state index contributed by atoms with van der Waals surface area (Å²) in [6.07, 6.45) is 3.56. The van der Waals surface area contributed by atoms with Gasteiger partial charge in [-0.15, -0.1) is 0 Å². The van der Waals surface area contributed by atoms with Crippen LogP contribution in [0.2, 0.25) is 0 Å². The zero-order valence-electron chi connectivity index (χ0n) is 23.5. The second-order valence-electron chi connectivity index (χ2n) is 10.8. The number of nitrogens with zero attached hydrogens (tertiary/aromatic N) is 2. The van der Waals surface area contributed by atoms with Crippen LogP contribution in [-0.4, -0.2) is 24.1 Å². The molecule has 0 spiro atoms. The lowest BCUT2D eigenvalue weighted by Gasteiger charge is -2.31. The monoisotopic (exact) mass is 516 g/mol. The van der Waals surface area contributed by atoms with Crippen molar-refractivity contribution in [1.82, 2.24) is 4.90 Å². The average molecular weight is 517 g/mol. The van der Waals surface area contributed by atoms with Gasteiger partial charge in [-0.2, -0.15) is 0 Å². The number of hydrogen-bond donors (Lipinski definition) is 0. The van der Waals surface area contributed by atoms with Crippen molar-refractivity contribution in [2.75, 3.05) is 18.0 Å². The number of ether oxygens (including phenoxy) is 1. The van der Waals surface area contributed by atoms with E-state index in [0.29, 0.717) is 0 Å². The topological polar surface area (TPSA) is 15.7 Å². The molecule has 3 heteroatoms. The highest BCUT2D eigenvalue weighted by molar-refractivity contribution is 5.75. The molecule has 0 saturated heterocycles. The molecule has 0 fully saturated rings. The molecule has 3 nitrogen and oxygen atoms in total. The smallest absolute Gasteiger partial charge is 0.143 e. The predicted molar refractivity (Wildman–Crippen MR) is 164 cm³/mol. The number of rotatable bonds is 10. The Labute approximate surface area is 234 Å². The van der Waals surface area contributed by atoms with Crippen LogP contribution in [0.25, 0.3) is 5.57 Å². The Morgan fingerprint density at radius 1 is 0.769 bits per heavy atom. The molecule has 0 radical (unpaired) electrons. The van der Waals surface area contributed by atoms with Gasteiger partial charge < -0.3 is 9.64 Å². The quantitative estimate of drug-likeness (QED) is 0.211. The Hall–Kier alpha value is -3.82. The molecule has 4 aromatic rings. The van der Waals surface area contributed by atoms with Gasteiger partial charge in [0, 0.05) is 32.7 Å². The van der Waals surface area contributed by atoms with Crippen molar-refractivity contribution in [3.8, 4) is 5.75 Å². The molecule has 0 bridgehead atoms. The first-order chi connectivity index (χ1) is 19.0. The molecule has 0 unspecified atom stereocenters. The van der Waals surface area contributed by atoms with E-state index >= 15 is 0 Å². The van der Waals surface area contributed by atoms with Gasteiger partial charge in [0.05, 0.1) is 11.8 Å². The van der Waals surface area contributed by atoms with Gasteiger partial charge in [0.15, 0.2) is 0 Å². The Balaban J connectivity index is 1.45. The molecule has 4 aromatic carbocycles. The number of aryl methyl sites for hydroxylation is 1. The predicted octanol–water partition coefficient (Wildman–Crippen LogP) is 8.28. The van der Waals surface area contributed by atoms with E-state index in [9.17, 15) is 0 Å². The Kier molecular flexibility index (Phi) is 8.80. The average Bonchev–Trinajstić information content (AvgIpc) is 2.95.